The molecule has 0 radical (unpaired) electrons. The van der Waals surface area contributed by atoms with Gasteiger partial charge in [-0.3, -0.25) is 4.57 Å². The molecular weight excluding hydrogens is 372 g/mol. The molecule has 8 heteroatoms. The van der Waals surface area contributed by atoms with E-state index in [2.05, 4.69) is 41.7 Å². The molecule has 3 aromatic heterocycles. The van der Waals surface area contributed by atoms with E-state index in [0.29, 0.717) is 24.1 Å². The summed E-state index contributed by atoms with van der Waals surface area (Å²) >= 11 is 1.63. The van der Waals surface area contributed by atoms with Crippen LogP contribution in [0.25, 0.3) is 11.6 Å². The largest absolute Gasteiger partial charge is 0.461 e. The standard InChI is InChI=1S/C20H20N6OS/c1-14-21-22-18(26(14)16-9-10-16)13-28-20-24-23-19(17-8-5-11-27-17)25(20)12-15-6-3-2-4-7-15/h2-8,11,16H,9-10,12-13H2,1H3. The van der Waals surface area contributed by atoms with Crippen LogP contribution in [0.5, 0.6) is 0 Å². The average molecular weight is 392 g/mol. The first-order chi connectivity index (χ1) is 13.8. The van der Waals surface area contributed by atoms with Crippen LogP contribution in [0.15, 0.2) is 58.3 Å². The van der Waals surface area contributed by atoms with Gasteiger partial charge in [-0.1, -0.05) is 42.1 Å². The molecule has 4 aromatic rings. The summed E-state index contributed by atoms with van der Waals surface area (Å²) in [6, 6.07) is 14.6. The summed E-state index contributed by atoms with van der Waals surface area (Å²) in [6.45, 7) is 2.70. The van der Waals surface area contributed by atoms with Crippen LogP contribution in [0.4, 0.5) is 0 Å². The predicted octanol–water partition coefficient (Wildman–Crippen LogP) is 4.11. The molecule has 1 aromatic carbocycles. The average Bonchev–Trinajstić information content (AvgIpc) is 3.10. The van der Waals surface area contributed by atoms with Crippen molar-refractivity contribution in [3.05, 3.63) is 65.9 Å². The Balaban J connectivity index is 1.44. The molecule has 7 nitrogen and oxygen atoms in total. The lowest BCUT2D eigenvalue weighted by Gasteiger charge is -2.10. The molecule has 0 spiro atoms. The molecular formula is C20H20N6OS. The lowest BCUT2D eigenvalue weighted by atomic mass is 10.2. The zero-order valence-electron chi connectivity index (χ0n) is 15.5. The van der Waals surface area contributed by atoms with Gasteiger partial charge in [-0.15, -0.1) is 20.4 Å². The number of furan rings is 1. The van der Waals surface area contributed by atoms with Crippen LogP contribution < -0.4 is 0 Å². The van der Waals surface area contributed by atoms with E-state index in [1.165, 1.54) is 18.4 Å². The second kappa shape index (κ2) is 7.27. The molecule has 28 heavy (non-hydrogen) atoms. The highest BCUT2D eigenvalue weighted by atomic mass is 32.2. The van der Waals surface area contributed by atoms with Gasteiger partial charge in [0.25, 0.3) is 0 Å². The summed E-state index contributed by atoms with van der Waals surface area (Å²) in [5.74, 6) is 4.14. The Labute approximate surface area is 166 Å². The molecule has 1 aliphatic rings. The maximum absolute atomic E-state index is 5.58. The number of aryl methyl sites for hydroxylation is 1. The van der Waals surface area contributed by atoms with Crippen LogP contribution in [0, 0.1) is 6.92 Å². The fraction of sp³-hybridized carbons (Fsp3) is 0.300. The smallest absolute Gasteiger partial charge is 0.200 e. The quantitative estimate of drug-likeness (QED) is 0.441. The number of nitrogens with zero attached hydrogens (tertiary/aromatic N) is 6. The van der Waals surface area contributed by atoms with Crippen molar-refractivity contribution in [2.24, 2.45) is 0 Å². The van der Waals surface area contributed by atoms with Gasteiger partial charge in [0.15, 0.2) is 10.9 Å². The Morgan fingerprint density at radius 1 is 1.04 bits per heavy atom. The van der Waals surface area contributed by atoms with Crippen LogP contribution in [0.2, 0.25) is 0 Å². The van der Waals surface area contributed by atoms with Gasteiger partial charge in [-0.05, 0) is 37.5 Å². The Morgan fingerprint density at radius 3 is 2.64 bits per heavy atom. The number of rotatable bonds is 7. The summed E-state index contributed by atoms with van der Waals surface area (Å²) in [5.41, 5.74) is 1.19. The van der Waals surface area contributed by atoms with Crippen LogP contribution in [0.3, 0.4) is 0 Å². The van der Waals surface area contributed by atoms with E-state index in [1.54, 1.807) is 18.0 Å². The summed E-state index contributed by atoms with van der Waals surface area (Å²) < 4.78 is 9.94. The number of benzene rings is 1. The second-order valence-electron chi connectivity index (χ2n) is 6.91. The van der Waals surface area contributed by atoms with E-state index < -0.39 is 0 Å². The molecule has 1 aliphatic carbocycles. The monoisotopic (exact) mass is 392 g/mol. The third kappa shape index (κ3) is 3.35. The van der Waals surface area contributed by atoms with Crippen molar-refractivity contribution in [2.45, 2.75) is 43.3 Å². The Hall–Kier alpha value is -2.87. The van der Waals surface area contributed by atoms with Crippen molar-refractivity contribution >= 4 is 11.8 Å². The first-order valence-corrected chi connectivity index (χ1v) is 10.3. The van der Waals surface area contributed by atoms with Gasteiger partial charge in [0.1, 0.15) is 11.6 Å². The fourth-order valence-corrected chi connectivity index (χ4v) is 4.20. The maximum Gasteiger partial charge on any atom is 0.200 e. The summed E-state index contributed by atoms with van der Waals surface area (Å²) in [6.07, 6.45) is 4.08. The van der Waals surface area contributed by atoms with Gasteiger partial charge >= 0.3 is 0 Å². The lowest BCUT2D eigenvalue weighted by molar-refractivity contribution is 0.569. The minimum absolute atomic E-state index is 0.562. The van der Waals surface area contributed by atoms with Crippen LogP contribution in [0.1, 0.15) is 36.1 Å². The number of aromatic nitrogens is 6. The molecule has 0 amide bonds. The summed E-state index contributed by atoms with van der Waals surface area (Å²) in [7, 11) is 0. The first-order valence-electron chi connectivity index (χ1n) is 9.34. The molecule has 0 N–H and O–H groups in total. The molecule has 0 bridgehead atoms. The van der Waals surface area contributed by atoms with Gasteiger partial charge in [0.05, 0.1) is 18.6 Å². The van der Waals surface area contributed by atoms with Crippen LogP contribution in [-0.4, -0.2) is 29.5 Å². The Bertz CT molecular complexity index is 1070. The predicted molar refractivity (Wildman–Crippen MR) is 106 cm³/mol. The summed E-state index contributed by atoms with van der Waals surface area (Å²) in [4.78, 5) is 0. The van der Waals surface area contributed by atoms with E-state index in [1.807, 2.05) is 37.3 Å². The van der Waals surface area contributed by atoms with Gasteiger partial charge in [0.2, 0.25) is 5.82 Å². The summed E-state index contributed by atoms with van der Waals surface area (Å²) in [5, 5.41) is 18.3. The van der Waals surface area contributed by atoms with Gasteiger partial charge < -0.3 is 8.98 Å². The van der Waals surface area contributed by atoms with E-state index in [9.17, 15) is 0 Å². The highest BCUT2D eigenvalue weighted by Crippen LogP contribution is 2.37. The van der Waals surface area contributed by atoms with Crippen molar-refractivity contribution in [3.63, 3.8) is 0 Å². The first kappa shape index (κ1) is 17.2. The van der Waals surface area contributed by atoms with Gasteiger partial charge in [-0.25, -0.2) is 0 Å². The maximum atomic E-state index is 5.58. The third-order valence-electron chi connectivity index (χ3n) is 4.82. The highest BCUT2D eigenvalue weighted by molar-refractivity contribution is 7.98. The molecule has 0 unspecified atom stereocenters. The van der Waals surface area contributed by atoms with E-state index in [4.69, 9.17) is 4.42 Å². The Kier molecular flexibility index (Phi) is 4.48. The minimum atomic E-state index is 0.562. The normalized spacial score (nSPS) is 13.9. The lowest BCUT2D eigenvalue weighted by Crippen LogP contribution is -2.05. The van der Waals surface area contributed by atoms with Gasteiger partial charge in [-0.2, -0.15) is 0 Å². The zero-order chi connectivity index (χ0) is 18.9. The second-order valence-corrected chi connectivity index (χ2v) is 7.85. The van der Waals surface area contributed by atoms with Crippen molar-refractivity contribution < 1.29 is 4.42 Å². The number of hydrogen-bond donors (Lipinski definition) is 0. The van der Waals surface area contributed by atoms with Crippen molar-refractivity contribution in [1.82, 2.24) is 29.5 Å². The van der Waals surface area contributed by atoms with Crippen molar-refractivity contribution in [1.29, 1.82) is 0 Å². The molecule has 3 heterocycles. The minimum Gasteiger partial charge on any atom is -0.461 e. The van der Waals surface area contributed by atoms with E-state index in [0.717, 1.165) is 22.6 Å². The molecule has 0 aliphatic heterocycles. The molecule has 142 valence electrons. The molecule has 1 saturated carbocycles. The number of hydrogen-bond acceptors (Lipinski definition) is 6. The molecule has 5 rings (SSSR count). The van der Waals surface area contributed by atoms with Crippen molar-refractivity contribution in [2.75, 3.05) is 0 Å². The van der Waals surface area contributed by atoms with Crippen LogP contribution >= 0.6 is 11.8 Å². The third-order valence-corrected chi connectivity index (χ3v) is 5.78. The van der Waals surface area contributed by atoms with Crippen LogP contribution in [-0.2, 0) is 12.3 Å². The van der Waals surface area contributed by atoms with Crippen molar-refractivity contribution in [3.8, 4) is 11.6 Å². The molecule has 1 fully saturated rings. The zero-order valence-corrected chi connectivity index (χ0v) is 16.3. The highest BCUT2D eigenvalue weighted by Gasteiger charge is 2.28. The Morgan fingerprint density at radius 2 is 1.89 bits per heavy atom. The van der Waals surface area contributed by atoms with E-state index >= 15 is 0 Å². The SMILES string of the molecule is Cc1nnc(CSc2nnc(-c3ccco3)n2Cc2ccccc2)n1C1CC1. The number of thioether (sulfide) groups is 1. The fourth-order valence-electron chi connectivity index (χ4n) is 3.34. The topological polar surface area (TPSA) is 74.6 Å². The van der Waals surface area contributed by atoms with E-state index in [-0.39, 0.29) is 0 Å². The van der Waals surface area contributed by atoms with Gasteiger partial charge in [0, 0.05) is 6.04 Å². The molecule has 0 atom stereocenters. The molecule has 0 saturated heterocycles.